The van der Waals surface area contributed by atoms with Crippen molar-refractivity contribution in [3.05, 3.63) is 27.7 Å². The van der Waals surface area contributed by atoms with Crippen LogP contribution >= 0.6 is 27.5 Å². The van der Waals surface area contributed by atoms with Crippen LogP contribution < -0.4 is 4.74 Å². The molecule has 0 bridgehead atoms. The van der Waals surface area contributed by atoms with Gasteiger partial charge in [-0.2, -0.15) is 0 Å². The summed E-state index contributed by atoms with van der Waals surface area (Å²) in [5.74, 6) is 1.07. The monoisotopic (exact) mass is 317 g/mol. The van der Waals surface area contributed by atoms with Gasteiger partial charge in [0.15, 0.2) is 0 Å². The molecule has 0 amide bonds. The largest absolute Gasteiger partial charge is 0.493 e. The van der Waals surface area contributed by atoms with E-state index in [1.165, 1.54) is 11.1 Å². The van der Waals surface area contributed by atoms with Gasteiger partial charge in [0.05, 0.1) is 6.61 Å². The molecular formula is C13H17BrClNO. The van der Waals surface area contributed by atoms with Gasteiger partial charge in [-0.15, -0.1) is 11.6 Å². The molecular weight excluding hydrogens is 302 g/mol. The lowest BCUT2D eigenvalue weighted by molar-refractivity contribution is 0.312. The Hall–Kier alpha value is -0.250. The molecule has 2 rings (SSSR count). The van der Waals surface area contributed by atoms with Crippen molar-refractivity contribution < 1.29 is 4.74 Å². The molecule has 94 valence electrons. The number of benzene rings is 1. The van der Waals surface area contributed by atoms with Crippen LogP contribution in [-0.2, 0) is 13.0 Å². The molecule has 1 aromatic rings. The summed E-state index contributed by atoms with van der Waals surface area (Å²) in [6.45, 7) is 4.57. The smallest absolute Gasteiger partial charge is 0.127 e. The summed E-state index contributed by atoms with van der Waals surface area (Å²) in [4.78, 5) is 2.22. The maximum atomic E-state index is 6.01. The topological polar surface area (TPSA) is 12.5 Å². The van der Waals surface area contributed by atoms with Crippen LogP contribution in [0.15, 0.2) is 16.6 Å². The third kappa shape index (κ3) is 3.36. The quantitative estimate of drug-likeness (QED) is 0.789. The van der Waals surface area contributed by atoms with Crippen molar-refractivity contribution in [1.29, 1.82) is 0 Å². The summed E-state index contributed by atoms with van der Waals surface area (Å²) < 4.78 is 6.84. The Morgan fingerprint density at radius 2 is 2.29 bits per heavy atom. The molecule has 2 nitrogen and oxygen atoms in total. The Morgan fingerprint density at radius 1 is 1.53 bits per heavy atom. The second-order valence-corrected chi connectivity index (χ2v) is 6.29. The van der Waals surface area contributed by atoms with E-state index in [1.54, 1.807) is 0 Å². The number of alkyl halides is 1. The third-order valence-corrected chi connectivity index (χ3v) is 3.42. The number of hydrogen-bond donors (Lipinski definition) is 0. The van der Waals surface area contributed by atoms with Crippen LogP contribution in [0.1, 0.15) is 18.1 Å². The number of nitrogens with zero attached hydrogens (tertiary/aromatic N) is 1. The van der Waals surface area contributed by atoms with Gasteiger partial charge in [-0.25, -0.2) is 0 Å². The van der Waals surface area contributed by atoms with Crippen molar-refractivity contribution in [3.8, 4) is 5.75 Å². The molecule has 1 unspecified atom stereocenters. The molecule has 0 fully saturated rings. The molecule has 0 N–H and O–H groups in total. The minimum Gasteiger partial charge on any atom is -0.493 e. The molecule has 0 saturated carbocycles. The highest BCUT2D eigenvalue weighted by Crippen LogP contribution is 2.33. The van der Waals surface area contributed by atoms with E-state index >= 15 is 0 Å². The summed E-state index contributed by atoms with van der Waals surface area (Å²) in [7, 11) is 2.08. The van der Waals surface area contributed by atoms with Gasteiger partial charge in [0, 0.05) is 34.9 Å². The highest BCUT2D eigenvalue weighted by atomic mass is 79.9. The van der Waals surface area contributed by atoms with Gasteiger partial charge in [-0.05, 0) is 31.7 Å². The Kier molecular flexibility index (Phi) is 4.34. The van der Waals surface area contributed by atoms with Crippen molar-refractivity contribution in [2.75, 3.05) is 20.2 Å². The predicted octanol–water partition coefficient (Wildman–Crippen LogP) is 3.44. The van der Waals surface area contributed by atoms with E-state index in [4.69, 9.17) is 16.3 Å². The number of rotatable bonds is 4. The molecule has 0 aliphatic carbocycles. The molecule has 4 heteroatoms. The molecule has 0 saturated heterocycles. The van der Waals surface area contributed by atoms with Crippen molar-refractivity contribution >= 4 is 27.5 Å². The van der Waals surface area contributed by atoms with Crippen LogP contribution in [0.4, 0.5) is 0 Å². The first-order chi connectivity index (χ1) is 8.06. The van der Waals surface area contributed by atoms with Crippen molar-refractivity contribution in [2.45, 2.75) is 25.3 Å². The fourth-order valence-electron chi connectivity index (χ4n) is 2.25. The fraction of sp³-hybridized carbons (Fsp3) is 0.538. The maximum Gasteiger partial charge on any atom is 0.127 e. The van der Waals surface area contributed by atoms with Crippen LogP contribution in [-0.4, -0.2) is 30.5 Å². The number of fused-ring (bicyclic) bond motifs is 1. The summed E-state index contributed by atoms with van der Waals surface area (Å²) in [6.07, 6.45) is 1.01. The zero-order chi connectivity index (χ0) is 12.4. The molecule has 0 radical (unpaired) electrons. The van der Waals surface area contributed by atoms with E-state index in [0.717, 1.165) is 36.3 Å². The molecule has 1 aliphatic heterocycles. The molecule has 1 heterocycles. The number of hydrogen-bond acceptors (Lipinski definition) is 2. The fourth-order valence-corrected chi connectivity index (χ4v) is 3.04. The minimum atomic E-state index is 0.168. The molecule has 1 aliphatic rings. The van der Waals surface area contributed by atoms with E-state index < -0.39 is 0 Å². The van der Waals surface area contributed by atoms with Gasteiger partial charge in [0.1, 0.15) is 5.75 Å². The molecule has 1 atom stereocenters. The highest BCUT2D eigenvalue weighted by molar-refractivity contribution is 9.10. The predicted molar refractivity (Wildman–Crippen MR) is 75.0 cm³/mol. The summed E-state index contributed by atoms with van der Waals surface area (Å²) >= 11 is 9.56. The molecule has 0 spiro atoms. The standard InChI is InChI=1S/C13H17BrClNO/c1-9(15)7-16(2)8-11-6-12(14)5-10-3-4-17-13(10)11/h5-6,9H,3-4,7-8H2,1-2H3. The van der Waals surface area contributed by atoms with Gasteiger partial charge >= 0.3 is 0 Å². The van der Waals surface area contributed by atoms with Crippen LogP contribution in [0, 0.1) is 0 Å². The molecule has 0 aromatic heterocycles. The normalized spacial score (nSPS) is 15.8. The lowest BCUT2D eigenvalue weighted by Gasteiger charge is -2.19. The lowest BCUT2D eigenvalue weighted by Crippen LogP contribution is -2.24. The Morgan fingerprint density at radius 3 is 3.00 bits per heavy atom. The van der Waals surface area contributed by atoms with Crippen LogP contribution in [0.3, 0.4) is 0 Å². The van der Waals surface area contributed by atoms with Crippen LogP contribution in [0.2, 0.25) is 0 Å². The van der Waals surface area contributed by atoms with E-state index in [2.05, 4.69) is 40.0 Å². The van der Waals surface area contributed by atoms with Crippen molar-refractivity contribution in [1.82, 2.24) is 4.90 Å². The summed E-state index contributed by atoms with van der Waals surface area (Å²) in [6, 6.07) is 4.29. The van der Waals surface area contributed by atoms with E-state index in [9.17, 15) is 0 Å². The highest BCUT2D eigenvalue weighted by Gasteiger charge is 2.18. The first kappa shape index (κ1) is 13.2. The second kappa shape index (κ2) is 5.59. The van der Waals surface area contributed by atoms with Gasteiger partial charge in [-0.1, -0.05) is 15.9 Å². The van der Waals surface area contributed by atoms with Gasteiger partial charge in [0.2, 0.25) is 0 Å². The number of halogens is 2. The minimum absolute atomic E-state index is 0.168. The lowest BCUT2D eigenvalue weighted by atomic mass is 10.1. The van der Waals surface area contributed by atoms with Crippen LogP contribution in [0.25, 0.3) is 0 Å². The Bertz CT molecular complexity index is 409. The third-order valence-electron chi connectivity index (χ3n) is 2.83. The average molecular weight is 319 g/mol. The summed E-state index contributed by atoms with van der Waals surface area (Å²) in [5.41, 5.74) is 2.55. The first-order valence-corrected chi connectivity index (χ1v) is 7.06. The average Bonchev–Trinajstić information content (AvgIpc) is 2.63. The van der Waals surface area contributed by atoms with E-state index in [-0.39, 0.29) is 5.38 Å². The Labute approximate surface area is 116 Å². The zero-order valence-electron chi connectivity index (χ0n) is 10.2. The zero-order valence-corrected chi connectivity index (χ0v) is 12.5. The SMILES string of the molecule is CC(Cl)CN(C)Cc1cc(Br)cc2c1OCC2. The molecule has 17 heavy (non-hydrogen) atoms. The van der Waals surface area contributed by atoms with E-state index in [1.807, 2.05) is 6.92 Å². The van der Waals surface area contributed by atoms with Crippen LogP contribution in [0.5, 0.6) is 5.75 Å². The Balaban J connectivity index is 2.15. The van der Waals surface area contributed by atoms with Crippen molar-refractivity contribution in [2.24, 2.45) is 0 Å². The number of ether oxygens (including phenoxy) is 1. The first-order valence-electron chi connectivity index (χ1n) is 5.83. The maximum absolute atomic E-state index is 6.01. The van der Waals surface area contributed by atoms with Gasteiger partial charge in [0.25, 0.3) is 0 Å². The van der Waals surface area contributed by atoms with Gasteiger partial charge < -0.3 is 9.64 Å². The van der Waals surface area contributed by atoms with Gasteiger partial charge in [-0.3, -0.25) is 0 Å². The summed E-state index contributed by atoms with van der Waals surface area (Å²) in [5, 5.41) is 0.168. The molecule has 1 aromatic carbocycles. The second-order valence-electron chi connectivity index (χ2n) is 4.63. The van der Waals surface area contributed by atoms with Crippen molar-refractivity contribution in [3.63, 3.8) is 0 Å². The van der Waals surface area contributed by atoms with E-state index in [0.29, 0.717) is 0 Å².